The van der Waals surface area contributed by atoms with Crippen LogP contribution in [0.3, 0.4) is 0 Å². The Kier molecular flexibility index (Phi) is 4.55. The molecule has 0 radical (unpaired) electrons. The molecule has 0 fully saturated rings. The molecule has 0 spiro atoms. The lowest BCUT2D eigenvalue weighted by Crippen LogP contribution is -2.23. The first-order valence-electron chi connectivity index (χ1n) is 6.15. The van der Waals surface area contributed by atoms with Crippen LogP contribution >= 0.6 is 0 Å². The molecule has 2 N–H and O–H groups in total. The molecule has 0 aliphatic carbocycles. The third-order valence-electron chi connectivity index (χ3n) is 2.81. The van der Waals surface area contributed by atoms with E-state index in [2.05, 4.69) is 15.3 Å². The lowest BCUT2D eigenvalue weighted by Gasteiger charge is -2.05. The molecule has 19 heavy (non-hydrogen) atoms. The summed E-state index contributed by atoms with van der Waals surface area (Å²) in [5.41, 5.74) is 1.99. The number of carbonyl (C=O) groups excluding carboxylic acids is 1. The third-order valence-corrected chi connectivity index (χ3v) is 2.81. The summed E-state index contributed by atoms with van der Waals surface area (Å²) >= 11 is 0. The number of aromatic amines is 1. The summed E-state index contributed by atoms with van der Waals surface area (Å²) in [6.45, 7) is 0.483. The van der Waals surface area contributed by atoms with Crippen LogP contribution in [0, 0.1) is 0 Å². The van der Waals surface area contributed by atoms with Crippen LogP contribution in [-0.2, 0) is 17.8 Å². The number of carbonyl (C=O) groups is 1. The van der Waals surface area contributed by atoms with Crippen LogP contribution in [0.15, 0.2) is 36.8 Å². The summed E-state index contributed by atoms with van der Waals surface area (Å²) in [5, 5.41) is 2.84. The number of H-pyrrole nitrogens is 1. The molecule has 0 aliphatic heterocycles. The second kappa shape index (κ2) is 6.58. The van der Waals surface area contributed by atoms with Gasteiger partial charge in [-0.2, -0.15) is 0 Å². The van der Waals surface area contributed by atoms with Crippen LogP contribution in [0.5, 0.6) is 5.75 Å². The number of rotatable bonds is 6. The van der Waals surface area contributed by atoms with Gasteiger partial charge in [-0.05, 0) is 24.1 Å². The number of benzene rings is 1. The Labute approximate surface area is 112 Å². The van der Waals surface area contributed by atoms with E-state index in [4.69, 9.17) is 4.74 Å². The third kappa shape index (κ3) is 4.13. The van der Waals surface area contributed by atoms with Crippen molar-refractivity contribution in [3.63, 3.8) is 0 Å². The van der Waals surface area contributed by atoms with Gasteiger partial charge in [-0.3, -0.25) is 4.79 Å². The Hall–Kier alpha value is -2.30. The van der Waals surface area contributed by atoms with E-state index < -0.39 is 0 Å². The highest BCUT2D eigenvalue weighted by molar-refractivity contribution is 5.76. The zero-order valence-corrected chi connectivity index (χ0v) is 10.8. The minimum absolute atomic E-state index is 0.0254. The molecule has 0 unspecified atom stereocenters. The van der Waals surface area contributed by atoms with Gasteiger partial charge in [0.1, 0.15) is 5.75 Å². The molecule has 0 aliphatic rings. The van der Waals surface area contributed by atoms with E-state index in [1.54, 1.807) is 19.6 Å². The molecule has 1 amide bonds. The van der Waals surface area contributed by atoms with Gasteiger partial charge < -0.3 is 15.0 Å². The Morgan fingerprint density at radius 3 is 3.11 bits per heavy atom. The molecule has 0 saturated carbocycles. The zero-order valence-electron chi connectivity index (χ0n) is 10.8. The van der Waals surface area contributed by atoms with E-state index in [0.717, 1.165) is 17.0 Å². The van der Waals surface area contributed by atoms with Crippen molar-refractivity contribution in [1.29, 1.82) is 0 Å². The number of nitrogens with zero attached hydrogens (tertiary/aromatic N) is 1. The maximum absolute atomic E-state index is 11.7. The van der Waals surface area contributed by atoms with Gasteiger partial charge in [-0.1, -0.05) is 12.1 Å². The normalized spacial score (nSPS) is 10.2. The van der Waals surface area contributed by atoms with Crippen molar-refractivity contribution in [3.05, 3.63) is 48.0 Å². The fraction of sp³-hybridized carbons (Fsp3) is 0.286. The SMILES string of the molecule is COc1cccc(CCC(=O)NCc2cnc[nH]2)c1. The summed E-state index contributed by atoms with van der Waals surface area (Å²) in [7, 11) is 1.64. The molecular formula is C14H17N3O2. The summed E-state index contributed by atoms with van der Waals surface area (Å²) in [5.74, 6) is 0.841. The van der Waals surface area contributed by atoms with Gasteiger partial charge in [0.15, 0.2) is 0 Å². The van der Waals surface area contributed by atoms with E-state index in [9.17, 15) is 4.79 Å². The Morgan fingerprint density at radius 1 is 1.47 bits per heavy atom. The summed E-state index contributed by atoms with van der Waals surface area (Å²) in [6, 6.07) is 7.76. The standard InChI is InChI=1S/C14H17N3O2/c1-19-13-4-2-3-11(7-13)5-6-14(18)16-9-12-8-15-10-17-12/h2-4,7-8,10H,5-6,9H2,1H3,(H,15,17)(H,16,18). The van der Waals surface area contributed by atoms with E-state index in [1.807, 2.05) is 24.3 Å². The Balaban J connectivity index is 1.76. The van der Waals surface area contributed by atoms with Crippen molar-refractivity contribution >= 4 is 5.91 Å². The van der Waals surface area contributed by atoms with Gasteiger partial charge in [0.05, 0.1) is 25.7 Å². The minimum atomic E-state index is 0.0254. The molecule has 5 heteroatoms. The second-order valence-corrected chi connectivity index (χ2v) is 4.21. The zero-order chi connectivity index (χ0) is 13.5. The highest BCUT2D eigenvalue weighted by Crippen LogP contribution is 2.13. The molecule has 0 bridgehead atoms. The van der Waals surface area contributed by atoms with Gasteiger partial charge in [0, 0.05) is 12.6 Å². The Bertz CT molecular complexity index is 523. The number of nitrogens with one attached hydrogen (secondary N) is 2. The maximum Gasteiger partial charge on any atom is 0.220 e. The molecule has 5 nitrogen and oxygen atoms in total. The number of imidazole rings is 1. The topological polar surface area (TPSA) is 67.0 Å². The summed E-state index contributed by atoms with van der Waals surface area (Å²) in [4.78, 5) is 18.5. The monoisotopic (exact) mass is 259 g/mol. The number of aryl methyl sites for hydroxylation is 1. The number of aromatic nitrogens is 2. The fourth-order valence-electron chi connectivity index (χ4n) is 1.75. The minimum Gasteiger partial charge on any atom is -0.497 e. The number of methoxy groups -OCH3 is 1. The highest BCUT2D eigenvalue weighted by atomic mass is 16.5. The van der Waals surface area contributed by atoms with Crippen molar-refractivity contribution in [2.45, 2.75) is 19.4 Å². The molecule has 1 heterocycles. The largest absolute Gasteiger partial charge is 0.497 e. The lowest BCUT2D eigenvalue weighted by atomic mass is 10.1. The molecule has 0 atom stereocenters. The van der Waals surface area contributed by atoms with Gasteiger partial charge in [0.25, 0.3) is 0 Å². The van der Waals surface area contributed by atoms with Crippen molar-refractivity contribution < 1.29 is 9.53 Å². The van der Waals surface area contributed by atoms with Gasteiger partial charge in [-0.25, -0.2) is 4.98 Å². The molecule has 1 aromatic heterocycles. The molecule has 100 valence electrons. The van der Waals surface area contributed by atoms with E-state index in [1.165, 1.54) is 0 Å². The van der Waals surface area contributed by atoms with Gasteiger partial charge in [-0.15, -0.1) is 0 Å². The fourth-order valence-corrected chi connectivity index (χ4v) is 1.75. The lowest BCUT2D eigenvalue weighted by molar-refractivity contribution is -0.121. The number of ether oxygens (including phenoxy) is 1. The number of hydrogen-bond donors (Lipinski definition) is 2. The van der Waals surface area contributed by atoms with Crippen LogP contribution < -0.4 is 10.1 Å². The highest BCUT2D eigenvalue weighted by Gasteiger charge is 2.03. The predicted octanol–water partition coefficient (Wildman–Crippen LogP) is 1.67. The van der Waals surface area contributed by atoms with Crippen LogP contribution in [0.1, 0.15) is 17.7 Å². The summed E-state index contributed by atoms with van der Waals surface area (Å²) in [6.07, 6.45) is 4.45. The first kappa shape index (κ1) is 13.1. The average molecular weight is 259 g/mol. The van der Waals surface area contributed by atoms with Crippen molar-refractivity contribution in [1.82, 2.24) is 15.3 Å². The quantitative estimate of drug-likeness (QED) is 0.829. The average Bonchev–Trinajstić information content (AvgIpc) is 2.96. The van der Waals surface area contributed by atoms with Crippen molar-refractivity contribution in [3.8, 4) is 5.75 Å². The Morgan fingerprint density at radius 2 is 2.37 bits per heavy atom. The smallest absolute Gasteiger partial charge is 0.220 e. The van der Waals surface area contributed by atoms with E-state index >= 15 is 0 Å². The number of hydrogen-bond acceptors (Lipinski definition) is 3. The van der Waals surface area contributed by atoms with Crippen LogP contribution in [0.4, 0.5) is 0 Å². The van der Waals surface area contributed by atoms with Crippen molar-refractivity contribution in [2.75, 3.05) is 7.11 Å². The van der Waals surface area contributed by atoms with E-state index in [0.29, 0.717) is 19.4 Å². The van der Waals surface area contributed by atoms with Crippen molar-refractivity contribution in [2.24, 2.45) is 0 Å². The molecular weight excluding hydrogens is 242 g/mol. The molecule has 1 aromatic carbocycles. The van der Waals surface area contributed by atoms with Crippen LogP contribution in [-0.4, -0.2) is 23.0 Å². The first-order valence-corrected chi connectivity index (χ1v) is 6.15. The van der Waals surface area contributed by atoms with Crippen LogP contribution in [0.2, 0.25) is 0 Å². The first-order chi connectivity index (χ1) is 9.28. The molecule has 2 rings (SSSR count). The summed E-state index contributed by atoms with van der Waals surface area (Å²) < 4.78 is 5.15. The van der Waals surface area contributed by atoms with Crippen LogP contribution in [0.25, 0.3) is 0 Å². The second-order valence-electron chi connectivity index (χ2n) is 4.21. The maximum atomic E-state index is 11.7. The van der Waals surface area contributed by atoms with Gasteiger partial charge in [0.2, 0.25) is 5.91 Å². The predicted molar refractivity (Wildman–Crippen MR) is 71.7 cm³/mol. The number of amides is 1. The van der Waals surface area contributed by atoms with Gasteiger partial charge >= 0.3 is 0 Å². The van der Waals surface area contributed by atoms with E-state index in [-0.39, 0.29) is 5.91 Å². The molecule has 2 aromatic rings. The molecule has 0 saturated heterocycles.